The van der Waals surface area contributed by atoms with Crippen LogP contribution in [0.3, 0.4) is 0 Å². The van der Waals surface area contributed by atoms with Crippen molar-refractivity contribution < 1.29 is 9.59 Å². The molecule has 2 heterocycles. The lowest BCUT2D eigenvalue weighted by Gasteiger charge is -2.30. The predicted molar refractivity (Wildman–Crippen MR) is 102 cm³/mol. The first-order valence-corrected chi connectivity index (χ1v) is 9.30. The Morgan fingerprint density at radius 3 is 2.89 bits per heavy atom. The van der Waals surface area contributed by atoms with Gasteiger partial charge in [0, 0.05) is 30.1 Å². The normalized spacial score (nSPS) is 17.4. The van der Waals surface area contributed by atoms with E-state index < -0.39 is 0 Å². The topological polar surface area (TPSA) is 81.0 Å². The van der Waals surface area contributed by atoms with Crippen LogP contribution in [-0.2, 0) is 16.1 Å². The second-order valence-corrected chi connectivity index (χ2v) is 7.21. The molecule has 0 spiro atoms. The fraction of sp³-hybridized carbons (Fsp3) is 0.421. The summed E-state index contributed by atoms with van der Waals surface area (Å²) in [5.74, 6) is 0.599. The number of benzene rings is 1. The van der Waals surface area contributed by atoms with Gasteiger partial charge < -0.3 is 4.90 Å². The number of likely N-dealkylation sites (tertiary alicyclic amines) is 1. The summed E-state index contributed by atoms with van der Waals surface area (Å²) in [5.41, 5.74) is 1.76. The lowest BCUT2D eigenvalue weighted by atomic mass is 9.94. The van der Waals surface area contributed by atoms with E-state index in [1.807, 2.05) is 12.1 Å². The molecule has 0 radical (unpaired) electrons. The van der Waals surface area contributed by atoms with Crippen LogP contribution in [0.1, 0.15) is 36.7 Å². The summed E-state index contributed by atoms with van der Waals surface area (Å²) in [6.45, 7) is 4.95. The molecule has 0 N–H and O–H groups in total. The van der Waals surface area contributed by atoms with Gasteiger partial charge in [0.05, 0.1) is 6.54 Å². The number of carbonyl (C=O) groups excluding carboxylic acids is 2. The third-order valence-corrected chi connectivity index (χ3v) is 4.92. The van der Waals surface area contributed by atoms with Crippen LogP contribution in [0.15, 0.2) is 24.3 Å². The van der Waals surface area contributed by atoms with Gasteiger partial charge in [-0.15, -0.1) is 10.2 Å². The fourth-order valence-corrected chi connectivity index (χ4v) is 3.39. The van der Waals surface area contributed by atoms with Crippen LogP contribution in [-0.4, -0.2) is 49.9 Å². The maximum absolute atomic E-state index is 12.5. The van der Waals surface area contributed by atoms with Crippen molar-refractivity contribution in [1.82, 2.24) is 25.1 Å². The van der Waals surface area contributed by atoms with Crippen molar-refractivity contribution in [3.05, 3.63) is 46.2 Å². The van der Waals surface area contributed by atoms with Crippen LogP contribution in [0, 0.1) is 12.8 Å². The summed E-state index contributed by atoms with van der Waals surface area (Å²) in [5, 5.41) is 12.6. The Balaban J connectivity index is 1.74. The number of hydrogen-bond acceptors (Lipinski definition) is 5. The van der Waals surface area contributed by atoms with Gasteiger partial charge in [0.2, 0.25) is 5.91 Å². The van der Waals surface area contributed by atoms with Gasteiger partial charge in [-0.05, 0) is 61.2 Å². The number of ketones is 1. The van der Waals surface area contributed by atoms with E-state index in [0.29, 0.717) is 30.5 Å². The first kappa shape index (κ1) is 19.2. The van der Waals surface area contributed by atoms with Crippen molar-refractivity contribution in [2.45, 2.75) is 33.2 Å². The highest BCUT2D eigenvalue weighted by atomic mass is 35.5. The molecule has 1 atom stereocenters. The molecule has 3 rings (SSSR count). The molecule has 2 aromatic rings. The molecule has 1 fully saturated rings. The summed E-state index contributed by atoms with van der Waals surface area (Å²) in [7, 11) is 0. The first-order chi connectivity index (χ1) is 12.9. The molecule has 1 amide bonds. The van der Waals surface area contributed by atoms with Crippen LogP contribution in [0.5, 0.6) is 0 Å². The Kier molecular flexibility index (Phi) is 6.01. The van der Waals surface area contributed by atoms with Crippen LogP contribution in [0.25, 0.3) is 6.08 Å². The summed E-state index contributed by atoms with van der Waals surface area (Å²) in [4.78, 5) is 27.4. The van der Waals surface area contributed by atoms with Gasteiger partial charge in [0.15, 0.2) is 5.82 Å². The predicted octanol–water partition coefficient (Wildman–Crippen LogP) is 2.52. The molecule has 8 heteroatoms. The number of Topliss-reactive ketones (excluding diaryl/α,β-unsaturated/α-hetero) is 1. The Labute approximate surface area is 163 Å². The van der Waals surface area contributed by atoms with Crippen molar-refractivity contribution in [3.8, 4) is 0 Å². The van der Waals surface area contributed by atoms with Gasteiger partial charge >= 0.3 is 0 Å². The van der Waals surface area contributed by atoms with Gasteiger partial charge in [-0.25, -0.2) is 0 Å². The van der Waals surface area contributed by atoms with Gasteiger partial charge in [-0.2, -0.15) is 4.80 Å². The fourth-order valence-electron chi connectivity index (χ4n) is 3.19. The number of halogens is 1. The number of rotatable bonds is 5. The van der Waals surface area contributed by atoms with Crippen molar-refractivity contribution in [2.24, 2.45) is 5.92 Å². The Hall–Kier alpha value is -2.54. The zero-order chi connectivity index (χ0) is 19.4. The number of hydrogen-bond donors (Lipinski definition) is 0. The molecule has 0 aliphatic carbocycles. The van der Waals surface area contributed by atoms with Crippen molar-refractivity contribution >= 4 is 29.4 Å². The number of aromatic nitrogens is 4. The Morgan fingerprint density at radius 2 is 2.19 bits per heavy atom. The van der Waals surface area contributed by atoms with Crippen LogP contribution >= 0.6 is 11.6 Å². The van der Waals surface area contributed by atoms with Crippen molar-refractivity contribution in [1.29, 1.82) is 0 Å². The van der Waals surface area contributed by atoms with Crippen LogP contribution in [0.4, 0.5) is 0 Å². The molecule has 7 nitrogen and oxygen atoms in total. The van der Waals surface area contributed by atoms with E-state index in [4.69, 9.17) is 11.6 Å². The minimum Gasteiger partial charge on any atom is -0.338 e. The average molecular weight is 388 g/mol. The second-order valence-electron chi connectivity index (χ2n) is 6.78. The highest BCUT2D eigenvalue weighted by Crippen LogP contribution is 2.20. The van der Waals surface area contributed by atoms with Gasteiger partial charge in [0.25, 0.3) is 0 Å². The third-order valence-electron chi connectivity index (χ3n) is 4.68. The lowest BCUT2D eigenvalue weighted by Crippen LogP contribution is -2.41. The zero-order valence-corrected chi connectivity index (χ0v) is 16.2. The average Bonchev–Trinajstić information content (AvgIpc) is 3.05. The summed E-state index contributed by atoms with van der Waals surface area (Å²) in [6.07, 6.45) is 5.03. The van der Waals surface area contributed by atoms with E-state index in [1.165, 1.54) is 4.80 Å². The third kappa shape index (κ3) is 5.01. The van der Waals surface area contributed by atoms with Gasteiger partial charge in [-0.3, -0.25) is 9.59 Å². The minimum absolute atomic E-state index is 0.0520. The minimum atomic E-state index is -0.0865. The number of carbonyl (C=O) groups is 2. The smallest absolute Gasteiger partial charge is 0.246 e. The largest absolute Gasteiger partial charge is 0.338 e. The van der Waals surface area contributed by atoms with E-state index in [2.05, 4.69) is 15.4 Å². The van der Waals surface area contributed by atoms with E-state index in [-0.39, 0.29) is 17.6 Å². The molecule has 142 valence electrons. The van der Waals surface area contributed by atoms with E-state index in [9.17, 15) is 9.59 Å². The van der Waals surface area contributed by atoms with Crippen molar-refractivity contribution in [3.63, 3.8) is 0 Å². The second kappa shape index (κ2) is 8.43. The SMILES string of the molecule is CC(=O)C1CCCN(C(=O)C=Cc2ccc(Cl)cc2Cn2nnc(C)n2)C1. The van der Waals surface area contributed by atoms with E-state index in [1.54, 1.807) is 37.0 Å². The maximum Gasteiger partial charge on any atom is 0.246 e. The molecule has 1 aromatic heterocycles. The number of amides is 1. The molecule has 1 aliphatic heterocycles. The van der Waals surface area contributed by atoms with Crippen LogP contribution in [0.2, 0.25) is 5.02 Å². The molecule has 1 unspecified atom stereocenters. The van der Waals surface area contributed by atoms with E-state index in [0.717, 1.165) is 24.0 Å². The summed E-state index contributed by atoms with van der Waals surface area (Å²) < 4.78 is 0. The standard InChI is InChI=1S/C19H22ClN5O2/c1-13(26)16-4-3-9-24(11-16)19(27)8-6-15-5-7-18(20)10-17(15)12-25-22-14(2)21-23-25/h5-8,10,16H,3-4,9,11-12H2,1-2H3. The molecule has 0 saturated carbocycles. The summed E-state index contributed by atoms with van der Waals surface area (Å²) in [6, 6.07) is 5.47. The summed E-state index contributed by atoms with van der Waals surface area (Å²) >= 11 is 6.12. The molecule has 0 bridgehead atoms. The maximum atomic E-state index is 12.5. The number of tetrazole rings is 1. The van der Waals surface area contributed by atoms with Crippen LogP contribution < -0.4 is 0 Å². The monoisotopic (exact) mass is 387 g/mol. The van der Waals surface area contributed by atoms with Gasteiger partial charge in [0.1, 0.15) is 5.78 Å². The number of piperidine rings is 1. The zero-order valence-electron chi connectivity index (χ0n) is 15.4. The van der Waals surface area contributed by atoms with E-state index >= 15 is 0 Å². The highest BCUT2D eigenvalue weighted by Gasteiger charge is 2.25. The Bertz CT molecular complexity index is 877. The number of nitrogens with zero attached hydrogens (tertiary/aromatic N) is 5. The Morgan fingerprint density at radius 1 is 1.37 bits per heavy atom. The highest BCUT2D eigenvalue weighted by molar-refractivity contribution is 6.30. The molecule has 1 aromatic carbocycles. The molecule has 27 heavy (non-hydrogen) atoms. The molecule has 1 aliphatic rings. The molecular weight excluding hydrogens is 366 g/mol. The quantitative estimate of drug-likeness (QED) is 0.736. The van der Waals surface area contributed by atoms with Crippen molar-refractivity contribution in [2.75, 3.05) is 13.1 Å². The lowest BCUT2D eigenvalue weighted by molar-refractivity contribution is -0.130. The first-order valence-electron chi connectivity index (χ1n) is 8.92. The molecular formula is C19H22ClN5O2. The number of aryl methyl sites for hydroxylation is 1. The molecule has 1 saturated heterocycles. The van der Waals surface area contributed by atoms with Gasteiger partial charge in [-0.1, -0.05) is 17.7 Å².